The van der Waals surface area contributed by atoms with Gasteiger partial charge in [0.1, 0.15) is 17.2 Å². The van der Waals surface area contributed by atoms with Crippen LogP contribution < -0.4 is 5.73 Å². The zero-order chi connectivity index (χ0) is 12.7. The number of aromatic nitrogens is 1. The number of nitrogens with zero attached hydrogens (tertiary/aromatic N) is 1. The molecule has 3 aromatic rings. The number of halogens is 1. The summed E-state index contributed by atoms with van der Waals surface area (Å²) >= 11 is 1.50. The Morgan fingerprint density at radius 3 is 2.94 bits per heavy atom. The Kier molecular flexibility index (Phi) is 2.65. The zero-order valence-electron chi connectivity index (χ0n) is 9.68. The molecule has 0 aliphatic rings. The van der Waals surface area contributed by atoms with Gasteiger partial charge in [-0.25, -0.2) is 9.37 Å². The third-order valence-corrected chi connectivity index (χ3v) is 3.88. The van der Waals surface area contributed by atoms with Crippen molar-refractivity contribution in [1.82, 2.24) is 4.98 Å². The standard InChI is InChI=1S/C13H11FN2OS/c1-7-13(18-6-16-7)12(15)11-5-8-4-9(14)2-3-10(8)17-11/h2-6,12H,15H2,1H3. The number of nitrogens with two attached hydrogens (primary N) is 1. The second-order valence-electron chi connectivity index (χ2n) is 4.11. The van der Waals surface area contributed by atoms with Crippen LogP contribution in [-0.4, -0.2) is 4.98 Å². The molecule has 0 spiro atoms. The molecule has 1 unspecified atom stereocenters. The quantitative estimate of drug-likeness (QED) is 0.770. The Morgan fingerprint density at radius 2 is 2.22 bits per heavy atom. The lowest BCUT2D eigenvalue weighted by Crippen LogP contribution is -2.10. The van der Waals surface area contributed by atoms with Crippen molar-refractivity contribution in [3.8, 4) is 0 Å². The summed E-state index contributed by atoms with van der Waals surface area (Å²) in [6.07, 6.45) is 0. The first-order valence-corrected chi connectivity index (χ1v) is 6.37. The summed E-state index contributed by atoms with van der Waals surface area (Å²) < 4.78 is 18.8. The minimum absolute atomic E-state index is 0.280. The van der Waals surface area contributed by atoms with Gasteiger partial charge in [0, 0.05) is 5.39 Å². The number of furan rings is 1. The molecular formula is C13H11FN2OS. The highest BCUT2D eigenvalue weighted by molar-refractivity contribution is 7.09. The number of benzene rings is 1. The third-order valence-electron chi connectivity index (χ3n) is 2.87. The van der Waals surface area contributed by atoms with Crippen molar-refractivity contribution in [3.63, 3.8) is 0 Å². The van der Waals surface area contributed by atoms with Crippen LogP contribution in [-0.2, 0) is 0 Å². The number of thiazole rings is 1. The van der Waals surface area contributed by atoms with E-state index in [1.54, 1.807) is 17.6 Å². The van der Waals surface area contributed by atoms with Gasteiger partial charge in [0.25, 0.3) is 0 Å². The van der Waals surface area contributed by atoms with Crippen LogP contribution in [0, 0.1) is 12.7 Å². The van der Waals surface area contributed by atoms with Crippen molar-refractivity contribution in [2.45, 2.75) is 13.0 Å². The predicted molar refractivity (Wildman–Crippen MR) is 69.1 cm³/mol. The first kappa shape index (κ1) is 11.4. The SMILES string of the molecule is Cc1ncsc1C(N)c1cc2cc(F)ccc2o1. The predicted octanol–water partition coefficient (Wildman–Crippen LogP) is 3.38. The summed E-state index contributed by atoms with van der Waals surface area (Å²) in [6.45, 7) is 1.91. The average Bonchev–Trinajstić information content (AvgIpc) is 2.93. The second-order valence-corrected chi connectivity index (χ2v) is 5.00. The van der Waals surface area contributed by atoms with Crippen molar-refractivity contribution >= 4 is 22.3 Å². The molecule has 3 nitrogen and oxygen atoms in total. The molecule has 2 N–H and O–H groups in total. The maximum absolute atomic E-state index is 13.1. The smallest absolute Gasteiger partial charge is 0.134 e. The van der Waals surface area contributed by atoms with Crippen LogP contribution in [0.1, 0.15) is 22.4 Å². The molecule has 0 amide bonds. The van der Waals surface area contributed by atoms with E-state index in [9.17, 15) is 4.39 Å². The summed E-state index contributed by atoms with van der Waals surface area (Å²) in [4.78, 5) is 5.14. The van der Waals surface area contributed by atoms with Gasteiger partial charge in [-0.2, -0.15) is 0 Å². The molecule has 18 heavy (non-hydrogen) atoms. The number of hydrogen-bond donors (Lipinski definition) is 1. The van der Waals surface area contributed by atoms with Crippen LogP contribution >= 0.6 is 11.3 Å². The minimum atomic E-state index is -0.354. The van der Waals surface area contributed by atoms with Gasteiger partial charge >= 0.3 is 0 Å². The summed E-state index contributed by atoms with van der Waals surface area (Å²) in [5.74, 6) is 0.348. The molecule has 0 aliphatic carbocycles. The van der Waals surface area contributed by atoms with Gasteiger partial charge in [0.05, 0.1) is 22.1 Å². The Morgan fingerprint density at radius 1 is 1.39 bits per heavy atom. The number of rotatable bonds is 2. The normalized spacial score (nSPS) is 13.1. The van der Waals surface area contributed by atoms with E-state index in [0.29, 0.717) is 11.3 Å². The molecule has 92 valence electrons. The van der Waals surface area contributed by atoms with Crippen molar-refractivity contribution < 1.29 is 8.81 Å². The molecule has 0 aliphatic heterocycles. The molecule has 0 saturated carbocycles. The van der Waals surface area contributed by atoms with Gasteiger partial charge in [-0.1, -0.05) is 0 Å². The van der Waals surface area contributed by atoms with Gasteiger partial charge in [-0.3, -0.25) is 0 Å². The van der Waals surface area contributed by atoms with E-state index in [2.05, 4.69) is 4.98 Å². The number of fused-ring (bicyclic) bond motifs is 1. The van der Waals surface area contributed by atoms with E-state index in [1.165, 1.54) is 23.5 Å². The molecule has 5 heteroatoms. The Bertz CT molecular complexity index is 704. The second kappa shape index (κ2) is 4.19. The first-order valence-electron chi connectivity index (χ1n) is 5.49. The lowest BCUT2D eigenvalue weighted by molar-refractivity contribution is 0.526. The highest BCUT2D eigenvalue weighted by Crippen LogP contribution is 2.30. The van der Waals surface area contributed by atoms with E-state index in [-0.39, 0.29) is 11.9 Å². The van der Waals surface area contributed by atoms with Crippen LogP contribution in [0.3, 0.4) is 0 Å². The molecule has 0 radical (unpaired) electrons. The molecule has 3 rings (SSSR count). The third kappa shape index (κ3) is 1.81. The summed E-state index contributed by atoms with van der Waals surface area (Å²) in [6, 6.07) is 5.85. The molecule has 0 bridgehead atoms. The van der Waals surface area contributed by atoms with Crippen LogP contribution in [0.25, 0.3) is 11.0 Å². The molecular weight excluding hydrogens is 251 g/mol. The monoisotopic (exact) mass is 262 g/mol. The van der Waals surface area contributed by atoms with E-state index in [0.717, 1.165) is 16.0 Å². The summed E-state index contributed by atoms with van der Waals surface area (Å²) in [5, 5.41) is 0.725. The largest absolute Gasteiger partial charge is 0.459 e. The number of hydrogen-bond acceptors (Lipinski definition) is 4. The lowest BCUT2D eigenvalue weighted by atomic mass is 10.1. The van der Waals surface area contributed by atoms with Crippen LogP contribution in [0.2, 0.25) is 0 Å². The van der Waals surface area contributed by atoms with E-state index < -0.39 is 0 Å². The highest BCUT2D eigenvalue weighted by atomic mass is 32.1. The average molecular weight is 262 g/mol. The Hall–Kier alpha value is -1.72. The molecule has 1 aromatic carbocycles. The van der Waals surface area contributed by atoms with Gasteiger partial charge in [0.15, 0.2) is 0 Å². The van der Waals surface area contributed by atoms with Gasteiger partial charge in [-0.15, -0.1) is 11.3 Å². The lowest BCUT2D eigenvalue weighted by Gasteiger charge is -2.06. The summed E-state index contributed by atoms with van der Waals surface area (Å²) in [7, 11) is 0. The molecule has 0 saturated heterocycles. The Labute approximate surface area is 107 Å². The van der Waals surface area contributed by atoms with Crippen molar-refractivity contribution in [3.05, 3.63) is 51.9 Å². The first-order chi connectivity index (χ1) is 8.65. The van der Waals surface area contributed by atoms with E-state index in [1.807, 2.05) is 6.92 Å². The molecule has 0 fully saturated rings. The fourth-order valence-corrected chi connectivity index (χ4v) is 2.74. The van der Waals surface area contributed by atoms with Crippen LogP contribution in [0.15, 0.2) is 34.2 Å². The molecule has 2 aromatic heterocycles. The van der Waals surface area contributed by atoms with Gasteiger partial charge in [-0.05, 0) is 31.2 Å². The fraction of sp³-hybridized carbons (Fsp3) is 0.154. The molecule has 1 atom stereocenters. The van der Waals surface area contributed by atoms with E-state index >= 15 is 0 Å². The Balaban J connectivity index is 2.07. The fourth-order valence-electron chi connectivity index (χ4n) is 1.93. The minimum Gasteiger partial charge on any atom is -0.459 e. The van der Waals surface area contributed by atoms with Crippen molar-refractivity contribution in [1.29, 1.82) is 0 Å². The van der Waals surface area contributed by atoms with E-state index in [4.69, 9.17) is 10.2 Å². The van der Waals surface area contributed by atoms with Crippen LogP contribution in [0.4, 0.5) is 4.39 Å². The molecule has 2 heterocycles. The number of aryl methyl sites for hydroxylation is 1. The van der Waals surface area contributed by atoms with Crippen molar-refractivity contribution in [2.24, 2.45) is 5.73 Å². The summed E-state index contributed by atoms with van der Waals surface area (Å²) in [5.41, 5.74) is 9.45. The van der Waals surface area contributed by atoms with Crippen LogP contribution in [0.5, 0.6) is 0 Å². The highest BCUT2D eigenvalue weighted by Gasteiger charge is 2.18. The maximum Gasteiger partial charge on any atom is 0.134 e. The van der Waals surface area contributed by atoms with Gasteiger partial charge in [0.2, 0.25) is 0 Å². The van der Waals surface area contributed by atoms with Gasteiger partial charge < -0.3 is 10.2 Å². The zero-order valence-corrected chi connectivity index (χ0v) is 10.5. The van der Waals surface area contributed by atoms with Crippen molar-refractivity contribution in [2.75, 3.05) is 0 Å². The topological polar surface area (TPSA) is 52.0 Å². The maximum atomic E-state index is 13.1.